The summed E-state index contributed by atoms with van der Waals surface area (Å²) in [5, 5.41) is 2.67. The molecule has 1 aromatic rings. The Labute approximate surface area is 124 Å². The highest BCUT2D eigenvalue weighted by Crippen LogP contribution is 2.12. The molecule has 1 rings (SSSR count). The molecular weight excluding hydrogens is 297 g/mol. The van der Waals surface area contributed by atoms with Gasteiger partial charge < -0.3 is 5.32 Å². The van der Waals surface area contributed by atoms with Gasteiger partial charge in [-0.1, -0.05) is 12.1 Å². The van der Waals surface area contributed by atoms with Gasteiger partial charge in [0.15, 0.2) is 0 Å². The topological polar surface area (TPSA) is 69.7 Å². The molecule has 0 aliphatic heterocycles. The fraction of sp³-hybridized carbons (Fsp3) is 0.462. The van der Waals surface area contributed by atoms with Crippen LogP contribution in [0.4, 0.5) is 4.39 Å². The van der Waals surface area contributed by atoms with Gasteiger partial charge in [0, 0.05) is 21.1 Å². The summed E-state index contributed by atoms with van der Waals surface area (Å²) in [6, 6.07) is 5.41. The monoisotopic (exact) mass is 317 g/mol. The molecule has 1 N–H and O–H groups in total. The van der Waals surface area contributed by atoms with Crippen molar-refractivity contribution in [2.75, 3.05) is 27.7 Å². The highest BCUT2D eigenvalue weighted by Gasteiger charge is 2.23. The van der Waals surface area contributed by atoms with E-state index in [2.05, 4.69) is 5.32 Å². The summed E-state index contributed by atoms with van der Waals surface area (Å²) in [5.74, 6) is -0.783. The number of hydrogen-bond acceptors (Lipinski definition) is 3. The molecule has 0 bridgehead atoms. The molecule has 0 aliphatic carbocycles. The van der Waals surface area contributed by atoms with E-state index in [1.54, 1.807) is 19.1 Å². The summed E-state index contributed by atoms with van der Waals surface area (Å²) in [5.41, 5.74) is 0.739. The molecule has 0 fully saturated rings. The first kappa shape index (κ1) is 17.5. The van der Waals surface area contributed by atoms with E-state index in [4.69, 9.17) is 0 Å². The number of nitrogens with zero attached hydrogens (tertiary/aromatic N) is 2. The minimum atomic E-state index is -3.62. The Balaban J connectivity index is 2.63. The molecule has 0 saturated carbocycles. The number of nitrogens with one attached hydrogen (secondary N) is 1. The summed E-state index contributed by atoms with van der Waals surface area (Å²) in [6.45, 7) is 1.46. The van der Waals surface area contributed by atoms with Crippen LogP contribution in [-0.2, 0) is 15.0 Å². The van der Waals surface area contributed by atoms with E-state index in [0.29, 0.717) is 0 Å². The second-order valence-corrected chi connectivity index (χ2v) is 7.14. The molecule has 1 amide bonds. The number of carbonyl (C=O) groups excluding carboxylic acids is 1. The van der Waals surface area contributed by atoms with E-state index in [-0.39, 0.29) is 18.4 Å². The van der Waals surface area contributed by atoms with Crippen LogP contribution in [0.3, 0.4) is 0 Å². The van der Waals surface area contributed by atoms with Gasteiger partial charge in [-0.2, -0.15) is 17.0 Å². The Morgan fingerprint density at radius 1 is 1.24 bits per heavy atom. The van der Waals surface area contributed by atoms with Crippen molar-refractivity contribution in [3.8, 4) is 0 Å². The predicted octanol–water partition coefficient (Wildman–Crippen LogP) is 0.741. The maximum absolute atomic E-state index is 12.8. The van der Waals surface area contributed by atoms with Crippen molar-refractivity contribution in [3.05, 3.63) is 35.6 Å². The zero-order chi connectivity index (χ0) is 16.2. The maximum atomic E-state index is 12.8. The lowest BCUT2D eigenvalue weighted by Crippen LogP contribution is -2.43. The van der Waals surface area contributed by atoms with E-state index in [1.165, 1.54) is 33.3 Å². The maximum Gasteiger partial charge on any atom is 0.281 e. The van der Waals surface area contributed by atoms with E-state index in [9.17, 15) is 17.6 Å². The molecule has 0 radical (unpaired) electrons. The fourth-order valence-electron chi connectivity index (χ4n) is 1.68. The van der Waals surface area contributed by atoms with Crippen LogP contribution in [0.15, 0.2) is 24.3 Å². The van der Waals surface area contributed by atoms with Crippen molar-refractivity contribution in [3.63, 3.8) is 0 Å². The summed E-state index contributed by atoms with van der Waals surface area (Å²) >= 11 is 0. The van der Waals surface area contributed by atoms with Crippen molar-refractivity contribution in [1.29, 1.82) is 0 Å². The van der Waals surface area contributed by atoms with Crippen LogP contribution < -0.4 is 5.32 Å². The molecule has 0 unspecified atom stereocenters. The molecule has 118 valence electrons. The van der Waals surface area contributed by atoms with Crippen molar-refractivity contribution >= 4 is 16.1 Å². The van der Waals surface area contributed by atoms with Crippen LogP contribution in [0.5, 0.6) is 0 Å². The third-order valence-corrected chi connectivity index (χ3v) is 4.81. The van der Waals surface area contributed by atoms with Crippen LogP contribution in [0.2, 0.25) is 0 Å². The van der Waals surface area contributed by atoms with Gasteiger partial charge in [0.05, 0.1) is 12.6 Å². The number of benzene rings is 1. The Hall–Kier alpha value is -1.51. The molecule has 0 saturated heterocycles. The number of rotatable bonds is 6. The highest BCUT2D eigenvalue weighted by atomic mass is 32.2. The molecule has 0 aliphatic rings. The molecule has 0 aromatic heterocycles. The average molecular weight is 317 g/mol. The number of likely N-dealkylation sites (N-methyl/N-ethyl adjacent to an activating group) is 1. The van der Waals surface area contributed by atoms with E-state index in [1.807, 2.05) is 0 Å². The first-order valence-corrected chi connectivity index (χ1v) is 7.73. The Bertz CT molecular complexity index is 587. The predicted molar refractivity (Wildman–Crippen MR) is 78.2 cm³/mol. The largest absolute Gasteiger partial charge is 0.348 e. The lowest BCUT2D eigenvalue weighted by molar-refractivity contribution is -0.121. The molecule has 8 heteroatoms. The molecule has 1 aromatic carbocycles. The molecule has 6 nitrogen and oxygen atoms in total. The third kappa shape index (κ3) is 4.76. The van der Waals surface area contributed by atoms with Crippen LogP contribution in [0, 0.1) is 5.82 Å². The van der Waals surface area contributed by atoms with Crippen LogP contribution in [-0.4, -0.2) is 50.6 Å². The van der Waals surface area contributed by atoms with Gasteiger partial charge in [0.25, 0.3) is 10.2 Å². The van der Waals surface area contributed by atoms with E-state index < -0.39 is 16.1 Å². The number of carbonyl (C=O) groups is 1. The van der Waals surface area contributed by atoms with E-state index >= 15 is 0 Å². The van der Waals surface area contributed by atoms with Crippen molar-refractivity contribution in [1.82, 2.24) is 13.9 Å². The quantitative estimate of drug-likeness (QED) is 0.841. The van der Waals surface area contributed by atoms with Crippen molar-refractivity contribution in [2.45, 2.75) is 13.0 Å². The Morgan fingerprint density at radius 3 is 2.24 bits per heavy atom. The zero-order valence-electron chi connectivity index (χ0n) is 12.5. The van der Waals surface area contributed by atoms with Gasteiger partial charge in [-0.15, -0.1) is 0 Å². The SMILES string of the molecule is C[C@H](NC(=O)CN(C)S(=O)(=O)N(C)C)c1ccc(F)cc1. The second kappa shape index (κ2) is 6.97. The first-order chi connectivity index (χ1) is 9.64. The normalized spacial score (nSPS) is 13.5. The minimum Gasteiger partial charge on any atom is -0.348 e. The number of amides is 1. The Morgan fingerprint density at radius 2 is 1.76 bits per heavy atom. The summed E-state index contributed by atoms with van der Waals surface area (Å²) in [4.78, 5) is 11.9. The number of hydrogen-bond donors (Lipinski definition) is 1. The Kier molecular flexibility index (Phi) is 5.82. The van der Waals surface area contributed by atoms with Crippen LogP contribution >= 0.6 is 0 Å². The van der Waals surface area contributed by atoms with Crippen LogP contribution in [0.1, 0.15) is 18.5 Å². The second-order valence-electron chi connectivity index (χ2n) is 4.89. The summed E-state index contributed by atoms with van der Waals surface area (Å²) in [6.07, 6.45) is 0. The summed E-state index contributed by atoms with van der Waals surface area (Å²) < 4.78 is 38.4. The number of halogens is 1. The lowest BCUT2D eigenvalue weighted by atomic mass is 10.1. The average Bonchev–Trinajstić information content (AvgIpc) is 2.38. The molecule has 0 heterocycles. The van der Waals surface area contributed by atoms with Gasteiger partial charge in [-0.25, -0.2) is 4.39 Å². The molecule has 1 atom stereocenters. The first-order valence-electron chi connectivity index (χ1n) is 6.33. The van der Waals surface area contributed by atoms with Gasteiger partial charge in [0.2, 0.25) is 5.91 Å². The molecule has 21 heavy (non-hydrogen) atoms. The van der Waals surface area contributed by atoms with Gasteiger partial charge >= 0.3 is 0 Å². The van der Waals surface area contributed by atoms with Gasteiger partial charge in [0.1, 0.15) is 5.82 Å². The third-order valence-electron chi connectivity index (χ3n) is 2.97. The van der Waals surface area contributed by atoms with Crippen molar-refractivity contribution < 1.29 is 17.6 Å². The minimum absolute atomic E-state index is 0.286. The molecular formula is C13H20FN3O3S. The highest BCUT2D eigenvalue weighted by molar-refractivity contribution is 7.86. The van der Waals surface area contributed by atoms with Crippen molar-refractivity contribution in [2.24, 2.45) is 0 Å². The zero-order valence-corrected chi connectivity index (χ0v) is 13.3. The fourth-order valence-corrected chi connectivity index (χ4v) is 2.52. The lowest BCUT2D eigenvalue weighted by Gasteiger charge is -2.22. The van der Waals surface area contributed by atoms with E-state index in [0.717, 1.165) is 14.2 Å². The van der Waals surface area contributed by atoms with Gasteiger partial charge in [-0.3, -0.25) is 4.79 Å². The molecule has 0 spiro atoms. The summed E-state index contributed by atoms with van der Waals surface area (Å²) in [7, 11) is 0.497. The smallest absolute Gasteiger partial charge is 0.281 e. The standard InChI is InChI=1S/C13H20FN3O3S/c1-10(11-5-7-12(14)8-6-11)15-13(18)9-17(4)21(19,20)16(2)3/h5-8,10H,9H2,1-4H3,(H,15,18)/t10-/m0/s1. The van der Waals surface area contributed by atoms with Gasteiger partial charge in [-0.05, 0) is 24.6 Å². The van der Waals surface area contributed by atoms with Crippen LogP contribution in [0.25, 0.3) is 0 Å².